The molecule has 0 radical (unpaired) electrons. The summed E-state index contributed by atoms with van der Waals surface area (Å²) in [5, 5.41) is 0.782. The molecule has 0 bridgehead atoms. The van der Waals surface area contributed by atoms with Crippen LogP contribution in [-0.2, 0) is 6.42 Å². The summed E-state index contributed by atoms with van der Waals surface area (Å²) in [5.41, 5.74) is 6.90. The molecule has 0 aromatic heterocycles. The van der Waals surface area contributed by atoms with E-state index in [2.05, 4.69) is 28.1 Å². The van der Waals surface area contributed by atoms with E-state index < -0.39 is 0 Å². The van der Waals surface area contributed by atoms with Crippen molar-refractivity contribution in [2.75, 3.05) is 6.54 Å². The van der Waals surface area contributed by atoms with Gasteiger partial charge in [0.15, 0.2) is 0 Å². The van der Waals surface area contributed by atoms with Crippen molar-refractivity contribution in [3.05, 3.63) is 57.5 Å². The first kappa shape index (κ1) is 13.9. The highest BCUT2D eigenvalue weighted by atomic mass is 79.9. The van der Waals surface area contributed by atoms with Crippen LogP contribution in [0.2, 0.25) is 5.02 Å². The van der Waals surface area contributed by atoms with E-state index in [-0.39, 0.29) is 0 Å². The van der Waals surface area contributed by atoms with Gasteiger partial charge >= 0.3 is 0 Å². The molecule has 94 valence electrons. The molecule has 0 fully saturated rings. The predicted octanol–water partition coefficient (Wildman–Crippen LogP) is 4.75. The highest BCUT2D eigenvalue weighted by Gasteiger charge is 2.07. The fourth-order valence-corrected chi connectivity index (χ4v) is 3.28. The molecule has 0 aliphatic rings. The molecule has 2 N–H and O–H groups in total. The lowest BCUT2D eigenvalue weighted by atomic mass is 10.1. The average Bonchev–Trinajstić information content (AvgIpc) is 2.35. The second kappa shape index (κ2) is 6.62. The van der Waals surface area contributed by atoms with Gasteiger partial charge in [-0.2, -0.15) is 0 Å². The third kappa shape index (κ3) is 3.51. The van der Waals surface area contributed by atoms with Gasteiger partial charge in [-0.3, -0.25) is 0 Å². The first-order chi connectivity index (χ1) is 8.70. The summed E-state index contributed by atoms with van der Waals surface area (Å²) in [7, 11) is 0. The van der Waals surface area contributed by atoms with Gasteiger partial charge < -0.3 is 5.73 Å². The van der Waals surface area contributed by atoms with Gasteiger partial charge in [-0.15, -0.1) is 0 Å². The third-order valence-corrected chi connectivity index (χ3v) is 4.62. The minimum Gasteiger partial charge on any atom is -0.330 e. The van der Waals surface area contributed by atoms with Crippen molar-refractivity contribution < 1.29 is 0 Å². The van der Waals surface area contributed by atoms with Crippen LogP contribution >= 0.6 is 39.3 Å². The Balaban J connectivity index is 2.31. The molecule has 0 heterocycles. The molecule has 0 aliphatic heterocycles. The molecule has 2 rings (SSSR count). The zero-order valence-corrected chi connectivity index (χ0v) is 12.9. The molecule has 0 saturated carbocycles. The van der Waals surface area contributed by atoms with E-state index in [9.17, 15) is 0 Å². The maximum atomic E-state index is 6.18. The Morgan fingerprint density at radius 2 is 1.89 bits per heavy atom. The Morgan fingerprint density at radius 3 is 2.61 bits per heavy atom. The van der Waals surface area contributed by atoms with Gasteiger partial charge in [0.1, 0.15) is 0 Å². The second-order valence-corrected chi connectivity index (χ2v) is 6.23. The number of nitrogens with two attached hydrogens (primary N) is 1. The second-order valence-electron chi connectivity index (χ2n) is 3.82. The van der Waals surface area contributed by atoms with Crippen LogP contribution in [0.1, 0.15) is 5.56 Å². The van der Waals surface area contributed by atoms with E-state index in [1.54, 1.807) is 11.8 Å². The van der Waals surface area contributed by atoms with Gasteiger partial charge in [-0.25, -0.2) is 0 Å². The van der Waals surface area contributed by atoms with Gasteiger partial charge in [0.05, 0.1) is 5.02 Å². The molecule has 0 amide bonds. The lowest BCUT2D eigenvalue weighted by Crippen LogP contribution is -2.03. The highest BCUT2D eigenvalue weighted by Crippen LogP contribution is 2.36. The van der Waals surface area contributed by atoms with Crippen molar-refractivity contribution in [2.45, 2.75) is 16.2 Å². The van der Waals surface area contributed by atoms with Crippen molar-refractivity contribution >= 4 is 39.3 Å². The van der Waals surface area contributed by atoms with Crippen LogP contribution in [0.25, 0.3) is 0 Å². The van der Waals surface area contributed by atoms with Crippen LogP contribution in [0, 0.1) is 0 Å². The lowest BCUT2D eigenvalue weighted by Gasteiger charge is -2.10. The van der Waals surface area contributed by atoms with E-state index >= 15 is 0 Å². The Labute approximate surface area is 125 Å². The number of benzene rings is 2. The molecule has 1 nitrogen and oxygen atoms in total. The predicted molar refractivity (Wildman–Crippen MR) is 82.5 cm³/mol. The van der Waals surface area contributed by atoms with Crippen LogP contribution < -0.4 is 5.73 Å². The van der Waals surface area contributed by atoms with Gasteiger partial charge in [-0.05, 0) is 48.9 Å². The molecule has 0 unspecified atom stereocenters. The van der Waals surface area contributed by atoms with Gasteiger partial charge in [0.25, 0.3) is 0 Å². The summed E-state index contributed by atoms with van der Waals surface area (Å²) in [5.74, 6) is 0. The van der Waals surface area contributed by atoms with Crippen LogP contribution in [0.15, 0.2) is 56.7 Å². The molecule has 2 aromatic rings. The smallest absolute Gasteiger partial charge is 0.0545 e. The van der Waals surface area contributed by atoms with E-state index in [1.807, 2.05) is 30.3 Å². The van der Waals surface area contributed by atoms with Gasteiger partial charge in [-0.1, -0.05) is 51.4 Å². The summed E-state index contributed by atoms with van der Waals surface area (Å²) < 4.78 is 1.08. The Morgan fingerprint density at radius 1 is 1.11 bits per heavy atom. The van der Waals surface area contributed by atoms with Crippen molar-refractivity contribution in [2.24, 2.45) is 5.73 Å². The molecular weight excluding hydrogens is 330 g/mol. The van der Waals surface area contributed by atoms with E-state index in [1.165, 1.54) is 10.5 Å². The highest BCUT2D eigenvalue weighted by molar-refractivity contribution is 9.10. The summed E-state index contributed by atoms with van der Waals surface area (Å²) >= 11 is 11.4. The lowest BCUT2D eigenvalue weighted by molar-refractivity contribution is 0.943. The first-order valence-electron chi connectivity index (χ1n) is 5.61. The van der Waals surface area contributed by atoms with E-state index in [0.29, 0.717) is 6.54 Å². The van der Waals surface area contributed by atoms with Crippen LogP contribution in [-0.4, -0.2) is 6.54 Å². The summed E-state index contributed by atoms with van der Waals surface area (Å²) in [6.07, 6.45) is 0.867. The minimum atomic E-state index is 0.645. The van der Waals surface area contributed by atoms with Gasteiger partial charge in [0, 0.05) is 14.3 Å². The monoisotopic (exact) mass is 341 g/mol. The zero-order chi connectivity index (χ0) is 13.0. The Kier molecular flexibility index (Phi) is 5.13. The SMILES string of the molecule is NCCc1cc(Br)ccc1Sc1ccccc1Cl. The largest absolute Gasteiger partial charge is 0.330 e. The molecule has 2 aromatic carbocycles. The molecule has 0 spiro atoms. The Bertz CT molecular complexity index is 545. The molecule has 18 heavy (non-hydrogen) atoms. The summed E-state index contributed by atoms with van der Waals surface area (Å²) in [6.45, 7) is 0.645. The maximum absolute atomic E-state index is 6.18. The topological polar surface area (TPSA) is 26.0 Å². The number of hydrogen-bond donors (Lipinski definition) is 1. The number of rotatable bonds is 4. The molecule has 0 atom stereocenters. The fraction of sp³-hybridized carbons (Fsp3) is 0.143. The van der Waals surface area contributed by atoms with Crippen LogP contribution in [0.4, 0.5) is 0 Å². The molecule has 4 heteroatoms. The van der Waals surface area contributed by atoms with Crippen molar-refractivity contribution in [3.63, 3.8) is 0 Å². The van der Waals surface area contributed by atoms with Crippen molar-refractivity contribution in [1.29, 1.82) is 0 Å². The first-order valence-corrected chi connectivity index (χ1v) is 7.60. The van der Waals surface area contributed by atoms with Gasteiger partial charge in [0.2, 0.25) is 0 Å². The number of hydrogen-bond acceptors (Lipinski definition) is 2. The summed E-state index contributed by atoms with van der Waals surface area (Å²) in [6, 6.07) is 14.1. The summed E-state index contributed by atoms with van der Waals surface area (Å²) in [4.78, 5) is 2.27. The van der Waals surface area contributed by atoms with E-state index in [4.69, 9.17) is 17.3 Å². The van der Waals surface area contributed by atoms with Crippen molar-refractivity contribution in [1.82, 2.24) is 0 Å². The minimum absolute atomic E-state index is 0.645. The fourth-order valence-electron chi connectivity index (χ4n) is 1.64. The normalized spacial score (nSPS) is 10.6. The quantitative estimate of drug-likeness (QED) is 0.867. The Hall–Kier alpha value is -0.480. The standard InChI is InChI=1S/C14H13BrClNS/c15-11-5-6-13(10(9-11)7-8-17)18-14-4-2-1-3-12(14)16/h1-6,9H,7-8,17H2. The van der Waals surface area contributed by atoms with Crippen LogP contribution in [0.3, 0.4) is 0 Å². The molecule has 0 saturated heterocycles. The maximum Gasteiger partial charge on any atom is 0.0545 e. The van der Waals surface area contributed by atoms with Crippen molar-refractivity contribution in [3.8, 4) is 0 Å². The zero-order valence-electron chi connectivity index (χ0n) is 9.70. The number of halogens is 2. The van der Waals surface area contributed by atoms with Crippen LogP contribution in [0.5, 0.6) is 0 Å². The third-order valence-electron chi connectivity index (χ3n) is 2.49. The van der Waals surface area contributed by atoms with E-state index in [0.717, 1.165) is 20.8 Å². The molecular formula is C14H13BrClNS. The average molecular weight is 343 g/mol. The molecule has 0 aliphatic carbocycles.